The number of nitrogen functional groups attached to an aromatic ring is 1. The minimum Gasteiger partial charge on any atom is -0.383 e. The number of aromatic nitrogens is 1. The van der Waals surface area contributed by atoms with Crippen LogP contribution in [0.15, 0.2) is 18.3 Å². The van der Waals surface area contributed by atoms with Gasteiger partial charge in [0.15, 0.2) is 0 Å². The number of ketones is 1. The van der Waals surface area contributed by atoms with Gasteiger partial charge in [-0.2, -0.15) is 0 Å². The Balaban J connectivity index is 1.89. The first-order chi connectivity index (χ1) is 7.75. The molecule has 1 unspecified atom stereocenters. The van der Waals surface area contributed by atoms with Gasteiger partial charge in [-0.15, -0.1) is 0 Å². The summed E-state index contributed by atoms with van der Waals surface area (Å²) in [6.07, 6.45) is 4.93. The van der Waals surface area contributed by atoms with Crippen molar-refractivity contribution in [1.82, 2.24) is 10.3 Å². The lowest BCUT2D eigenvalue weighted by atomic mass is 10.0. The van der Waals surface area contributed by atoms with Gasteiger partial charge in [0.2, 0.25) is 0 Å². The SMILES string of the molecule is Nc1ncccc1CC(=O)CC1CCCN1. The summed E-state index contributed by atoms with van der Waals surface area (Å²) in [4.78, 5) is 15.8. The number of anilines is 1. The third kappa shape index (κ3) is 2.79. The Morgan fingerprint density at radius 3 is 3.19 bits per heavy atom. The van der Waals surface area contributed by atoms with Crippen molar-refractivity contribution in [2.24, 2.45) is 0 Å². The lowest BCUT2D eigenvalue weighted by molar-refractivity contribution is -0.118. The molecular formula is C12H17N3O. The molecule has 0 spiro atoms. The fourth-order valence-corrected chi connectivity index (χ4v) is 2.09. The summed E-state index contributed by atoms with van der Waals surface area (Å²) in [5.74, 6) is 0.703. The number of nitrogens with zero attached hydrogens (tertiary/aromatic N) is 1. The molecule has 0 aromatic carbocycles. The maximum atomic E-state index is 11.8. The van der Waals surface area contributed by atoms with E-state index in [9.17, 15) is 4.79 Å². The van der Waals surface area contributed by atoms with Crippen molar-refractivity contribution in [2.75, 3.05) is 12.3 Å². The first-order valence-electron chi connectivity index (χ1n) is 5.70. The number of pyridine rings is 1. The van der Waals surface area contributed by atoms with Crippen molar-refractivity contribution in [3.05, 3.63) is 23.9 Å². The van der Waals surface area contributed by atoms with Crippen LogP contribution in [-0.2, 0) is 11.2 Å². The standard InChI is InChI=1S/C12H17N3O/c13-12-9(3-1-6-15-12)7-11(16)8-10-4-2-5-14-10/h1,3,6,10,14H,2,4-5,7-8H2,(H2,13,15). The monoisotopic (exact) mass is 219 g/mol. The summed E-state index contributed by atoms with van der Waals surface area (Å²) >= 11 is 0. The first kappa shape index (κ1) is 11.1. The van der Waals surface area contributed by atoms with Gasteiger partial charge in [-0.1, -0.05) is 6.07 Å². The van der Waals surface area contributed by atoms with Gasteiger partial charge in [-0.05, 0) is 25.5 Å². The molecule has 1 aromatic heterocycles. The second-order valence-corrected chi connectivity index (χ2v) is 4.26. The average molecular weight is 219 g/mol. The molecule has 1 aliphatic rings. The molecule has 3 N–H and O–H groups in total. The van der Waals surface area contributed by atoms with E-state index in [-0.39, 0.29) is 5.78 Å². The zero-order valence-electron chi connectivity index (χ0n) is 9.28. The van der Waals surface area contributed by atoms with Gasteiger partial charge in [-0.25, -0.2) is 4.98 Å². The molecular weight excluding hydrogens is 202 g/mol. The molecule has 0 amide bonds. The fraction of sp³-hybridized carbons (Fsp3) is 0.500. The molecule has 1 fully saturated rings. The molecule has 4 nitrogen and oxygen atoms in total. The van der Waals surface area contributed by atoms with Gasteiger partial charge in [0.05, 0.1) is 0 Å². The van der Waals surface area contributed by atoms with E-state index in [0.717, 1.165) is 18.5 Å². The third-order valence-electron chi connectivity index (χ3n) is 2.95. The van der Waals surface area contributed by atoms with Crippen LogP contribution >= 0.6 is 0 Å². The van der Waals surface area contributed by atoms with E-state index in [2.05, 4.69) is 10.3 Å². The highest BCUT2D eigenvalue weighted by molar-refractivity contribution is 5.82. The van der Waals surface area contributed by atoms with E-state index >= 15 is 0 Å². The van der Waals surface area contributed by atoms with Crippen LogP contribution in [0.25, 0.3) is 0 Å². The summed E-state index contributed by atoms with van der Waals surface area (Å²) in [7, 11) is 0. The number of carbonyl (C=O) groups excluding carboxylic acids is 1. The van der Waals surface area contributed by atoms with Crippen LogP contribution < -0.4 is 11.1 Å². The number of carbonyl (C=O) groups is 1. The second-order valence-electron chi connectivity index (χ2n) is 4.26. The number of Topliss-reactive ketones (excluding diaryl/α,β-unsaturated/α-hetero) is 1. The molecule has 2 rings (SSSR count). The highest BCUT2D eigenvalue weighted by Crippen LogP contribution is 2.13. The van der Waals surface area contributed by atoms with Gasteiger partial charge in [0, 0.05) is 30.6 Å². The summed E-state index contributed by atoms with van der Waals surface area (Å²) in [6, 6.07) is 4.04. The molecule has 1 saturated heterocycles. The fourth-order valence-electron chi connectivity index (χ4n) is 2.09. The van der Waals surface area contributed by atoms with Gasteiger partial charge < -0.3 is 11.1 Å². The van der Waals surface area contributed by atoms with E-state index in [0.29, 0.717) is 24.7 Å². The number of rotatable bonds is 4. The minimum atomic E-state index is 0.235. The summed E-state index contributed by atoms with van der Waals surface area (Å²) in [5, 5.41) is 3.32. The Morgan fingerprint density at radius 1 is 1.62 bits per heavy atom. The van der Waals surface area contributed by atoms with Gasteiger partial charge in [0.25, 0.3) is 0 Å². The van der Waals surface area contributed by atoms with Crippen LogP contribution in [-0.4, -0.2) is 23.4 Å². The lowest BCUT2D eigenvalue weighted by Crippen LogP contribution is -2.25. The summed E-state index contributed by atoms with van der Waals surface area (Å²) in [5.41, 5.74) is 6.54. The van der Waals surface area contributed by atoms with Gasteiger partial charge in [0.1, 0.15) is 11.6 Å². The number of hydrogen-bond donors (Lipinski definition) is 2. The summed E-state index contributed by atoms with van der Waals surface area (Å²) < 4.78 is 0. The Bertz CT molecular complexity index is 372. The van der Waals surface area contributed by atoms with Gasteiger partial charge >= 0.3 is 0 Å². The predicted molar refractivity (Wildman–Crippen MR) is 63.0 cm³/mol. The van der Waals surface area contributed by atoms with Crippen LogP contribution in [0.2, 0.25) is 0 Å². The Kier molecular flexibility index (Phi) is 3.51. The second kappa shape index (κ2) is 5.07. The van der Waals surface area contributed by atoms with Crippen molar-refractivity contribution in [3.63, 3.8) is 0 Å². The Morgan fingerprint density at radius 2 is 2.50 bits per heavy atom. The highest BCUT2D eigenvalue weighted by Gasteiger charge is 2.18. The van der Waals surface area contributed by atoms with Crippen molar-refractivity contribution in [2.45, 2.75) is 31.7 Å². The Labute approximate surface area is 95.3 Å². The highest BCUT2D eigenvalue weighted by atomic mass is 16.1. The van der Waals surface area contributed by atoms with Crippen molar-refractivity contribution in [1.29, 1.82) is 0 Å². The topological polar surface area (TPSA) is 68.0 Å². The third-order valence-corrected chi connectivity index (χ3v) is 2.95. The maximum absolute atomic E-state index is 11.8. The smallest absolute Gasteiger partial charge is 0.138 e. The molecule has 4 heteroatoms. The molecule has 1 aliphatic heterocycles. The zero-order chi connectivity index (χ0) is 11.4. The molecule has 0 saturated carbocycles. The molecule has 0 aliphatic carbocycles. The Hall–Kier alpha value is -1.42. The molecule has 0 radical (unpaired) electrons. The molecule has 86 valence electrons. The van der Waals surface area contributed by atoms with Crippen molar-refractivity contribution >= 4 is 11.6 Å². The van der Waals surface area contributed by atoms with Crippen molar-refractivity contribution < 1.29 is 4.79 Å². The normalized spacial score (nSPS) is 19.9. The quantitative estimate of drug-likeness (QED) is 0.790. The van der Waals surface area contributed by atoms with Crippen LogP contribution in [0.3, 0.4) is 0 Å². The number of nitrogens with two attached hydrogens (primary N) is 1. The van der Waals surface area contributed by atoms with Crippen LogP contribution in [0.5, 0.6) is 0 Å². The number of nitrogens with one attached hydrogen (secondary N) is 1. The summed E-state index contributed by atoms with van der Waals surface area (Å²) in [6.45, 7) is 1.03. The molecule has 2 heterocycles. The average Bonchev–Trinajstić information content (AvgIpc) is 2.74. The van der Waals surface area contributed by atoms with Crippen molar-refractivity contribution in [3.8, 4) is 0 Å². The molecule has 0 bridgehead atoms. The molecule has 1 atom stereocenters. The van der Waals surface area contributed by atoms with E-state index < -0.39 is 0 Å². The predicted octanol–water partition coefficient (Wildman–Crippen LogP) is 0.917. The zero-order valence-corrected chi connectivity index (χ0v) is 9.28. The van der Waals surface area contributed by atoms with Crippen LogP contribution in [0.1, 0.15) is 24.8 Å². The largest absolute Gasteiger partial charge is 0.383 e. The van der Waals surface area contributed by atoms with Gasteiger partial charge in [-0.3, -0.25) is 4.79 Å². The van der Waals surface area contributed by atoms with E-state index in [1.165, 1.54) is 6.42 Å². The lowest BCUT2D eigenvalue weighted by Gasteiger charge is -2.09. The maximum Gasteiger partial charge on any atom is 0.138 e. The van der Waals surface area contributed by atoms with E-state index in [1.807, 2.05) is 12.1 Å². The number of hydrogen-bond acceptors (Lipinski definition) is 4. The first-order valence-corrected chi connectivity index (χ1v) is 5.70. The molecule has 1 aromatic rings. The van der Waals surface area contributed by atoms with E-state index in [4.69, 9.17) is 5.73 Å². The molecule has 16 heavy (non-hydrogen) atoms. The van der Waals surface area contributed by atoms with E-state index in [1.54, 1.807) is 6.20 Å². The van der Waals surface area contributed by atoms with Crippen LogP contribution in [0.4, 0.5) is 5.82 Å². The minimum absolute atomic E-state index is 0.235. The van der Waals surface area contributed by atoms with Crippen LogP contribution in [0, 0.1) is 0 Å².